The number of fused-ring (bicyclic) bond motifs is 1. The van der Waals surface area contributed by atoms with Crippen LogP contribution in [0.1, 0.15) is 63.3 Å². The highest BCUT2D eigenvalue weighted by Gasteiger charge is 2.04. The second-order valence-electron chi connectivity index (χ2n) is 5.91. The second kappa shape index (κ2) is 7.47. The zero-order valence-corrected chi connectivity index (χ0v) is 13.3. The highest BCUT2D eigenvalue weighted by atomic mass is 15.0. The topological polar surface area (TPSA) is 17.8 Å². The third kappa shape index (κ3) is 3.84. The molecule has 0 spiro atoms. The SMILES string of the molecule is CCCCCCCCCc1ccc2c(c1)nc(C)n2C. The number of aromatic nitrogens is 2. The van der Waals surface area contributed by atoms with Crippen LogP contribution < -0.4 is 0 Å². The molecule has 20 heavy (non-hydrogen) atoms. The quantitative estimate of drug-likeness (QED) is 0.606. The summed E-state index contributed by atoms with van der Waals surface area (Å²) in [6.07, 6.45) is 10.8. The van der Waals surface area contributed by atoms with E-state index in [-0.39, 0.29) is 0 Å². The van der Waals surface area contributed by atoms with Gasteiger partial charge in [0, 0.05) is 7.05 Å². The Labute approximate surface area is 123 Å². The van der Waals surface area contributed by atoms with E-state index in [9.17, 15) is 0 Å². The van der Waals surface area contributed by atoms with Crippen LogP contribution >= 0.6 is 0 Å². The summed E-state index contributed by atoms with van der Waals surface area (Å²) in [4.78, 5) is 4.61. The van der Waals surface area contributed by atoms with Crippen molar-refractivity contribution in [1.29, 1.82) is 0 Å². The highest BCUT2D eigenvalue weighted by Crippen LogP contribution is 2.18. The molecule has 0 atom stereocenters. The molecule has 1 heterocycles. The Morgan fingerprint density at radius 2 is 1.70 bits per heavy atom. The standard InChI is InChI=1S/C18H28N2/c1-4-5-6-7-8-9-10-11-16-12-13-18-17(14-16)19-15(2)20(18)3/h12-14H,4-11H2,1-3H3. The second-order valence-corrected chi connectivity index (χ2v) is 5.91. The summed E-state index contributed by atoms with van der Waals surface area (Å²) in [6, 6.07) is 6.74. The van der Waals surface area contributed by atoms with Gasteiger partial charge < -0.3 is 4.57 Å². The lowest BCUT2D eigenvalue weighted by molar-refractivity contribution is 0.589. The number of benzene rings is 1. The molecule has 1 aromatic heterocycles. The Kier molecular flexibility index (Phi) is 5.63. The van der Waals surface area contributed by atoms with Crippen molar-refractivity contribution < 1.29 is 0 Å². The maximum atomic E-state index is 4.61. The Hall–Kier alpha value is -1.31. The maximum absolute atomic E-state index is 4.61. The molecule has 110 valence electrons. The summed E-state index contributed by atoms with van der Waals surface area (Å²) in [6.45, 7) is 4.34. The van der Waals surface area contributed by atoms with Gasteiger partial charge in [-0.05, 0) is 37.5 Å². The Morgan fingerprint density at radius 1 is 1.00 bits per heavy atom. The number of hydrogen-bond donors (Lipinski definition) is 0. The van der Waals surface area contributed by atoms with Gasteiger partial charge in [-0.2, -0.15) is 0 Å². The van der Waals surface area contributed by atoms with Crippen molar-refractivity contribution in [2.24, 2.45) is 7.05 Å². The van der Waals surface area contributed by atoms with Gasteiger partial charge in [-0.15, -0.1) is 0 Å². The molecule has 0 N–H and O–H groups in total. The first kappa shape index (κ1) is 15.1. The molecule has 1 aromatic carbocycles. The first-order valence-electron chi connectivity index (χ1n) is 8.14. The molecule has 0 saturated carbocycles. The van der Waals surface area contributed by atoms with Crippen molar-refractivity contribution in [2.75, 3.05) is 0 Å². The fourth-order valence-corrected chi connectivity index (χ4v) is 2.81. The molecule has 0 fully saturated rings. The van der Waals surface area contributed by atoms with Gasteiger partial charge in [0.25, 0.3) is 0 Å². The average Bonchev–Trinajstić information content (AvgIpc) is 2.73. The number of rotatable bonds is 8. The molecule has 2 heteroatoms. The van der Waals surface area contributed by atoms with Crippen LogP contribution in [0.2, 0.25) is 0 Å². The Balaban J connectivity index is 1.79. The minimum absolute atomic E-state index is 1.09. The van der Waals surface area contributed by atoms with Gasteiger partial charge in [0.1, 0.15) is 5.82 Å². The van der Waals surface area contributed by atoms with Crippen LogP contribution in [0.25, 0.3) is 11.0 Å². The van der Waals surface area contributed by atoms with E-state index in [1.165, 1.54) is 62.4 Å². The number of imidazole rings is 1. The van der Waals surface area contributed by atoms with Crippen LogP contribution in [0.3, 0.4) is 0 Å². The van der Waals surface area contributed by atoms with E-state index in [2.05, 4.69) is 48.6 Å². The van der Waals surface area contributed by atoms with Crippen molar-refractivity contribution in [3.63, 3.8) is 0 Å². The average molecular weight is 272 g/mol. The molecule has 0 aliphatic rings. The molecule has 0 amide bonds. The first-order valence-corrected chi connectivity index (χ1v) is 8.14. The van der Waals surface area contributed by atoms with Crippen molar-refractivity contribution in [2.45, 2.75) is 65.2 Å². The maximum Gasteiger partial charge on any atom is 0.106 e. The van der Waals surface area contributed by atoms with Gasteiger partial charge in [-0.1, -0.05) is 51.5 Å². The predicted octanol–water partition coefficient (Wildman–Crippen LogP) is 5.17. The molecule has 2 nitrogen and oxygen atoms in total. The summed E-state index contributed by atoms with van der Waals surface area (Å²) < 4.78 is 2.16. The van der Waals surface area contributed by atoms with E-state index >= 15 is 0 Å². The minimum Gasteiger partial charge on any atom is -0.331 e. The van der Waals surface area contributed by atoms with Gasteiger partial charge in [0.05, 0.1) is 11.0 Å². The number of unbranched alkanes of at least 4 members (excludes halogenated alkanes) is 6. The molecule has 0 saturated heterocycles. The van der Waals surface area contributed by atoms with Crippen LogP contribution in [0.4, 0.5) is 0 Å². The largest absolute Gasteiger partial charge is 0.331 e. The zero-order chi connectivity index (χ0) is 14.4. The van der Waals surface area contributed by atoms with E-state index in [1.807, 2.05) is 0 Å². The monoisotopic (exact) mass is 272 g/mol. The smallest absolute Gasteiger partial charge is 0.106 e. The fourth-order valence-electron chi connectivity index (χ4n) is 2.81. The van der Waals surface area contributed by atoms with E-state index in [0.717, 1.165) is 11.3 Å². The van der Waals surface area contributed by atoms with E-state index in [1.54, 1.807) is 0 Å². The molecule has 0 aliphatic carbocycles. The first-order chi connectivity index (χ1) is 9.72. The van der Waals surface area contributed by atoms with Crippen molar-refractivity contribution in [3.8, 4) is 0 Å². The number of aryl methyl sites for hydroxylation is 3. The van der Waals surface area contributed by atoms with Crippen LogP contribution in [-0.4, -0.2) is 9.55 Å². The minimum atomic E-state index is 1.09. The lowest BCUT2D eigenvalue weighted by Gasteiger charge is -2.03. The van der Waals surface area contributed by atoms with E-state index < -0.39 is 0 Å². The van der Waals surface area contributed by atoms with Crippen molar-refractivity contribution in [1.82, 2.24) is 9.55 Å². The molecular weight excluding hydrogens is 244 g/mol. The highest BCUT2D eigenvalue weighted by molar-refractivity contribution is 5.76. The van der Waals surface area contributed by atoms with Gasteiger partial charge in [-0.25, -0.2) is 4.98 Å². The molecule has 2 aromatic rings. The van der Waals surface area contributed by atoms with Gasteiger partial charge in [-0.3, -0.25) is 0 Å². The van der Waals surface area contributed by atoms with Gasteiger partial charge in [0.2, 0.25) is 0 Å². The summed E-state index contributed by atoms with van der Waals surface area (Å²) in [5.74, 6) is 1.09. The molecule has 0 radical (unpaired) electrons. The summed E-state index contributed by atoms with van der Waals surface area (Å²) in [5, 5.41) is 0. The zero-order valence-electron chi connectivity index (χ0n) is 13.3. The molecular formula is C18H28N2. The number of nitrogens with zero attached hydrogens (tertiary/aromatic N) is 2. The Bertz CT molecular complexity index is 540. The van der Waals surface area contributed by atoms with Crippen LogP contribution in [0.5, 0.6) is 0 Å². The van der Waals surface area contributed by atoms with E-state index in [4.69, 9.17) is 0 Å². The van der Waals surface area contributed by atoms with Crippen LogP contribution in [0, 0.1) is 6.92 Å². The Morgan fingerprint density at radius 3 is 2.45 bits per heavy atom. The normalized spacial score (nSPS) is 11.3. The van der Waals surface area contributed by atoms with Crippen molar-refractivity contribution >= 4 is 11.0 Å². The molecule has 2 rings (SSSR count). The lowest BCUT2D eigenvalue weighted by Crippen LogP contribution is -1.90. The van der Waals surface area contributed by atoms with Crippen LogP contribution in [-0.2, 0) is 13.5 Å². The van der Waals surface area contributed by atoms with Crippen LogP contribution in [0.15, 0.2) is 18.2 Å². The summed E-state index contributed by atoms with van der Waals surface area (Å²) in [5.41, 5.74) is 3.82. The number of hydrogen-bond acceptors (Lipinski definition) is 1. The van der Waals surface area contributed by atoms with Gasteiger partial charge in [0.15, 0.2) is 0 Å². The molecule has 0 bridgehead atoms. The summed E-state index contributed by atoms with van der Waals surface area (Å²) >= 11 is 0. The van der Waals surface area contributed by atoms with Crippen molar-refractivity contribution in [3.05, 3.63) is 29.6 Å². The predicted molar refractivity (Wildman–Crippen MR) is 87.1 cm³/mol. The molecule has 0 aliphatic heterocycles. The van der Waals surface area contributed by atoms with E-state index in [0.29, 0.717) is 0 Å². The lowest BCUT2D eigenvalue weighted by atomic mass is 10.0. The third-order valence-electron chi connectivity index (χ3n) is 4.24. The third-order valence-corrected chi connectivity index (χ3v) is 4.24. The van der Waals surface area contributed by atoms with Gasteiger partial charge >= 0.3 is 0 Å². The molecule has 0 unspecified atom stereocenters. The summed E-state index contributed by atoms with van der Waals surface area (Å²) in [7, 11) is 2.08. The fraction of sp³-hybridized carbons (Fsp3) is 0.611.